The summed E-state index contributed by atoms with van der Waals surface area (Å²) in [5.74, 6) is 2.62. The van der Waals surface area contributed by atoms with Gasteiger partial charge in [0.1, 0.15) is 17.3 Å². The standard InChI is InChI=1S/C38H25N3O/c1-2-33-30(18-15-25-16-19-35-32(22-25)31-12-5-8-26-9-6-14-36(42-35)38(26)31)29-11-3-4-13-34(29)41(33)37-20-17-28(24-40-37)27-10-7-21-39-23-27/h2-24H,1H2/b18-15+. The number of para-hydroxylation sites is 1. The molecule has 0 aliphatic carbocycles. The van der Waals surface area contributed by atoms with E-state index in [2.05, 4.69) is 107 Å². The molecule has 42 heavy (non-hydrogen) atoms. The fraction of sp³-hybridized carbons (Fsp3) is 0. The summed E-state index contributed by atoms with van der Waals surface area (Å²) in [7, 11) is 0. The molecule has 4 heterocycles. The van der Waals surface area contributed by atoms with Gasteiger partial charge in [0.05, 0.1) is 11.2 Å². The molecule has 0 fully saturated rings. The molecule has 0 amide bonds. The highest BCUT2D eigenvalue weighted by Gasteiger charge is 2.20. The van der Waals surface area contributed by atoms with Crippen LogP contribution in [-0.4, -0.2) is 14.5 Å². The first-order chi connectivity index (χ1) is 20.8. The van der Waals surface area contributed by atoms with E-state index >= 15 is 0 Å². The Labute approximate surface area is 243 Å². The number of aromatic nitrogens is 3. The van der Waals surface area contributed by atoms with Crippen LogP contribution in [0.5, 0.6) is 11.5 Å². The number of benzene rings is 4. The molecular weight excluding hydrogens is 514 g/mol. The molecule has 0 unspecified atom stereocenters. The van der Waals surface area contributed by atoms with Gasteiger partial charge >= 0.3 is 0 Å². The minimum absolute atomic E-state index is 0.839. The second kappa shape index (κ2) is 9.72. The average Bonchev–Trinajstić information content (AvgIpc) is 3.38. The van der Waals surface area contributed by atoms with E-state index in [0.29, 0.717) is 0 Å². The third-order valence-corrected chi connectivity index (χ3v) is 7.94. The van der Waals surface area contributed by atoms with Crippen LogP contribution in [0.2, 0.25) is 0 Å². The Morgan fingerprint density at radius 2 is 1.60 bits per heavy atom. The highest BCUT2D eigenvalue weighted by atomic mass is 16.5. The highest BCUT2D eigenvalue weighted by Crippen LogP contribution is 2.46. The minimum atomic E-state index is 0.839. The lowest BCUT2D eigenvalue weighted by molar-refractivity contribution is 0.487. The summed E-state index contributed by atoms with van der Waals surface area (Å²) in [6.07, 6.45) is 11.8. The number of nitrogens with zero attached hydrogens (tertiary/aromatic N) is 3. The van der Waals surface area contributed by atoms with Gasteiger partial charge in [-0.3, -0.25) is 9.55 Å². The van der Waals surface area contributed by atoms with Crippen molar-refractivity contribution >= 4 is 39.9 Å². The zero-order valence-electron chi connectivity index (χ0n) is 22.7. The lowest BCUT2D eigenvalue weighted by Crippen LogP contribution is -2.00. The van der Waals surface area contributed by atoms with E-state index in [1.165, 1.54) is 10.9 Å². The predicted molar refractivity (Wildman–Crippen MR) is 173 cm³/mol. The highest BCUT2D eigenvalue weighted by molar-refractivity contribution is 6.04. The molecule has 0 saturated heterocycles. The fourth-order valence-corrected chi connectivity index (χ4v) is 6.00. The van der Waals surface area contributed by atoms with E-state index in [0.717, 1.165) is 67.1 Å². The molecule has 1 aliphatic rings. The van der Waals surface area contributed by atoms with Crippen LogP contribution in [0, 0.1) is 0 Å². The predicted octanol–water partition coefficient (Wildman–Crippen LogP) is 9.83. The number of fused-ring (bicyclic) bond motifs is 3. The van der Waals surface area contributed by atoms with E-state index in [4.69, 9.17) is 9.72 Å². The van der Waals surface area contributed by atoms with E-state index in [9.17, 15) is 0 Å². The Morgan fingerprint density at radius 3 is 2.43 bits per heavy atom. The first-order valence-corrected chi connectivity index (χ1v) is 13.9. The molecular formula is C38H25N3O. The van der Waals surface area contributed by atoms with Crippen LogP contribution < -0.4 is 4.74 Å². The summed E-state index contributed by atoms with van der Waals surface area (Å²) < 4.78 is 8.47. The van der Waals surface area contributed by atoms with Crippen molar-refractivity contribution in [2.24, 2.45) is 0 Å². The Morgan fingerprint density at radius 1 is 0.714 bits per heavy atom. The van der Waals surface area contributed by atoms with Crippen molar-refractivity contribution < 1.29 is 4.74 Å². The molecule has 0 spiro atoms. The monoisotopic (exact) mass is 539 g/mol. The zero-order chi connectivity index (χ0) is 28.0. The average molecular weight is 540 g/mol. The summed E-state index contributed by atoms with van der Waals surface area (Å²) >= 11 is 0. The summed E-state index contributed by atoms with van der Waals surface area (Å²) in [6, 6.07) is 35.6. The molecule has 3 aromatic heterocycles. The van der Waals surface area contributed by atoms with Crippen LogP contribution >= 0.6 is 0 Å². The fourth-order valence-electron chi connectivity index (χ4n) is 6.00. The SMILES string of the molecule is C=Cc1c(/C=C/c2ccc3c(c2)-c2cccc4cccc(c24)O3)c2ccccc2n1-c1ccc(-c2cccnc2)cn1. The Kier molecular flexibility index (Phi) is 5.57. The van der Waals surface area contributed by atoms with E-state index in [1.54, 1.807) is 6.20 Å². The zero-order valence-corrected chi connectivity index (χ0v) is 22.7. The molecule has 4 heteroatoms. The van der Waals surface area contributed by atoms with Crippen LogP contribution in [0.3, 0.4) is 0 Å². The summed E-state index contributed by atoms with van der Waals surface area (Å²) in [4.78, 5) is 9.09. The molecule has 7 aromatic rings. The number of pyridine rings is 2. The summed E-state index contributed by atoms with van der Waals surface area (Å²) in [5, 5.41) is 3.48. The Bertz CT molecular complexity index is 2170. The van der Waals surface area contributed by atoms with E-state index in [-0.39, 0.29) is 0 Å². The van der Waals surface area contributed by atoms with Crippen molar-refractivity contribution in [1.82, 2.24) is 14.5 Å². The smallest absolute Gasteiger partial charge is 0.137 e. The first kappa shape index (κ1) is 24.1. The van der Waals surface area contributed by atoms with Crippen molar-refractivity contribution in [2.45, 2.75) is 0 Å². The van der Waals surface area contributed by atoms with Gasteiger partial charge in [-0.15, -0.1) is 0 Å². The lowest BCUT2D eigenvalue weighted by Gasteiger charge is -2.21. The first-order valence-electron chi connectivity index (χ1n) is 13.9. The molecule has 0 radical (unpaired) electrons. The molecule has 0 atom stereocenters. The third-order valence-electron chi connectivity index (χ3n) is 7.94. The second-order valence-corrected chi connectivity index (χ2v) is 10.4. The maximum atomic E-state index is 6.30. The summed E-state index contributed by atoms with van der Waals surface area (Å²) in [5.41, 5.74) is 8.63. The van der Waals surface area contributed by atoms with Gasteiger partial charge in [0, 0.05) is 51.6 Å². The number of ether oxygens (including phenoxy) is 1. The van der Waals surface area contributed by atoms with Crippen molar-refractivity contribution in [3.8, 4) is 39.6 Å². The van der Waals surface area contributed by atoms with Crippen molar-refractivity contribution in [1.29, 1.82) is 0 Å². The molecule has 8 rings (SSSR count). The van der Waals surface area contributed by atoms with Gasteiger partial charge < -0.3 is 4.74 Å². The van der Waals surface area contributed by atoms with Gasteiger partial charge in [0.15, 0.2) is 0 Å². The molecule has 0 saturated carbocycles. The van der Waals surface area contributed by atoms with Gasteiger partial charge in [-0.05, 0) is 65.1 Å². The number of rotatable bonds is 5. The van der Waals surface area contributed by atoms with Crippen molar-refractivity contribution in [3.63, 3.8) is 0 Å². The second-order valence-electron chi connectivity index (χ2n) is 10.4. The van der Waals surface area contributed by atoms with Gasteiger partial charge in [0.25, 0.3) is 0 Å². The van der Waals surface area contributed by atoms with Gasteiger partial charge in [0.2, 0.25) is 0 Å². The normalized spacial score (nSPS) is 12.0. The summed E-state index contributed by atoms with van der Waals surface area (Å²) in [6.45, 7) is 4.19. The van der Waals surface area contributed by atoms with E-state index in [1.807, 2.05) is 42.7 Å². The quantitative estimate of drug-likeness (QED) is 0.218. The van der Waals surface area contributed by atoms with Crippen LogP contribution in [0.4, 0.5) is 0 Å². The van der Waals surface area contributed by atoms with Crippen molar-refractivity contribution in [3.05, 3.63) is 145 Å². The van der Waals surface area contributed by atoms with Crippen LogP contribution in [0.15, 0.2) is 128 Å². The molecule has 4 aromatic carbocycles. The van der Waals surface area contributed by atoms with E-state index < -0.39 is 0 Å². The number of hydrogen-bond acceptors (Lipinski definition) is 3. The van der Waals surface area contributed by atoms with Crippen LogP contribution in [0.25, 0.3) is 68.0 Å². The Hall–Kier alpha value is -5.74. The molecule has 0 bridgehead atoms. The van der Waals surface area contributed by atoms with Crippen LogP contribution in [0.1, 0.15) is 16.8 Å². The van der Waals surface area contributed by atoms with Crippen LogP contribution in [-0.2, 0) is 0 Å². The Balaban J connectivity index is 1.21. The molecule has 198 valence electrons. The maximum Gasteiger partial charge on any atom is 0.137 e. The number of hydrogen-bond donors (Lipinski definition) is 0. The topological polar surface area (TPSA) is 39.9 Å². The lowest BCUT2D eigenvalue weighted by atomic mass is 9.93. The molecule has 1 aliphatic heterocycles. The van der Waals surface area contributed by atoms with Gasteiger partial charge in [-0.2, -0.15) is 0 Å². The third kappa shape index (κ3) is 3.85. The molecule has 0 N–H and O–H groups in total. The largest absolute Gasteiger partial charge is 0.456 e. The molecule has 4 nitrogen and oxygen atoms in total. The van der Waals surface area contributed by atoms with Crippen molar-refractivity contribution in [2.75, 3.05) is 0 Å². The maximum absolute atomic E-state index is 6.30. The minimum Gasteiger partial charge on any atom is -0.456 e. The van der Waals surface area contributed by atoms with Gasteiger partial charge in [-0.1, -0.05) is 79.4 Å². The van der Waals surface area contributed by atoms with Gasteiger partial charge in [-0.25, -0.2) is 4.98 Å².